The molecular formula is C28H24F4N4O3. The quantitative estimate of drug-likeness (QED) is 0.288. The molecule has 0 aliphatic carbocycles. The number of rotatable bonds is 9. The Morgan fingerprint density at radius 3 is 2.36 bits per heavy atom. The molecular weight excluding hydrogens is 516 g/mol. The minimum absolute atomic E-state index is 0.0362. The number of amides is 2. The van der Waals surface area contributed by atoms with Gasteiger partial charge in [0.1, 0.15) is 18.2 Å². The first-order valence-electron chi connectivity index (χ1n) is 11.8. The molecule has 2 amide bonds. The average Bonchev–Trinajstić information content (AvgIpc) is 3.34. The van der Waals surface area contributed by atoms with E-state index in [4.69, 9.17) is 4.74 Å². The molecule has 0 unspecified atom stereocenters. The van der Waals surface area contributed by atoms with Crippen LogP contribution in [0.25, 0.3) is 16.9 Å². The van der Waals surface area contributed by atoms with Gasteiger partial charge in [-0.3, -0.25) is 9.59 Å². The lowest BCUT2D eigenvalue weighted by molar-refractivity contribution is -0.137. The van der Waals surface area contributed by atoms with E-state index in [1.165, 1.54) is 42.1 Å². The van der Waals surface area contributed by atoms with Crippen molar-refractivity contribution in [3.05, 3.63) is 102 Å². The van der Waals surface area contributed by atoms with E-state index in [1.807, 2.05) is 30.3 Å². The van der Waals surface area contributed by atoms with Crippen molar-refractivity contribution in [3.8, 4) is 16.9 Å². The number of benzene rings is 3. The molecule has 39 heavy (non-hydrogen) atoms. The maximum atomic E-state index is 13.5. The van der Waals surface area contributed by atoms with Crippen LogP contribution in [0, 0.1) is 5.82 Å². The van der Waals surface area contributed by atoms with Gasteiger partial charge in [0.25, 0.3) is 5.91 Å². The minimum Gasteiger partial charge on any atom is -0.383 e. The van der Waals surface area contributed by atoms with E-state index < -0.39 is 35.9 Å². The number of carbonyl (C=O) groups is 2. The van der Waals surface area contributed by atoms with Crippen LogP contribution in [0.15, 0.2) is 84.9 Å². The number of methoxy groups -OCH3 is 1. The van der Waals surface area contributed by atoms with E-state index in [0.717, 1.165) is 28.7 Å². The van der Waals surface area contributed by atoms with Gasteiger partial charge >= 0.3 is 6.18 Å². The number of alkyl halides is 3. The van der Waals surface area contributed by atoms with Crippen LogP contribution in [0.4, 0.5) is 23.4 Å². The third-order valence-electron chi connectivity index (χ3n) is 5.74. The molecule has 4 rings (SSSR count). The highest BCUT2D eigenvalue weighted by Gasteiger charge is 2.31. The molecule has 7 nitrogen and oxygen atoms in total. The van der Waals surface area contributed by atoms with Crippen LogP contribution in [0.2, 0.25) is 0 Å². The predicted molar refractivity (Wildman–Crippen MR) is 137 cm³/mol. The summed E-state index contributed by atoms with van der Waals surface area (Å²) in [5.74, 6) is -1.56. The van der Waals surface area contributed by atoms with E-state index in [1.54, 1.807) is 6.07 Å². The number of nitrogens with zero attached hydrogens (tertiary/aromatic N) is 3. The zero-order valence-corrected chi connectivity index (χ0v) is 20.8. The van der Waals surface area contributed by atoms with E-state index in [9.17, 15) is 27.2 Å². The summed E-state index contributed by atoms with van der Waals surface area (Å²) in [6.07, 6.45) is -4.62. The highest BCUT2D eigenvalue weighted by Crippen LogP contribution is 2.30. The summed E-state index contributed by atoms with van der Waals surface area (Å²) < 4.78 is 59.5. The van der Waals surface area contributed by atoms with E-state index >= 15 is 0 Å². The number of nitrogens with one attached hydrogen (secondary N) is 1. The monoisotopic (exact) mass is 540 g/mol. The van der Waals surface area contributed by atoms with Gasteiger partial charge in [-0.1, -0.05) is 36.4 Å². The van der Waals surface area contributed by atoms with E-state index in [-0.39, 0.29) is 24.5 Å². The zero-order chi connectivity index (χ0) is 28.0. The van der Waals surface area contributed by atoms with Crippen molar-refractivity contribution in [2.24, 2.45) is 0 Å². The molecule has 0 aliphatic rings. The summed E-state index contributed by atoms with van der Waals surface area (Å²) in [5.41, 5.74) is 0.601. The molecule has 3 aromatic carbocycles. The summed E-state index contributed by atoms with van der Waals surface area (Å²) in [6.45, 7) is -0.442. The number of carbonyl (C=O) groups excluding carboxylic acids is 2. The van der Waals surface area contributed by atoms with Gasteiger partial charge in [0, 0.05) is 30.8 Å². The van der Waals surface area contributed by atoms with Gasteiger partial charge in [0.05, 0.1) is 23.6 Å². The number of ether oxygens (including phenoxy) is 1. The molecule has 0 saturated heterocycles. The maximum absolute atomic E-state index is 13.5. The molecule has 0 saturated carbocycles. The fraction of sp³-hybridized carbons (Fsp3) is 0.179. The van der Waals surface area contributed by atoms with Gasteiger partial charge in [0.2, 0.25) is 5.91 Å². The Balaban J connectivity index is 1.60. The molecule has 11 heteroatoms. The average molecular weight is 541 g/mol. The largest absolute Gasteiger partial charge is 0.416 e. The topological polar surface area (TPSA) is 76.5 Å². The molecule has 0 fully saturated rings. The Morgan fingerprint density at radius 1 is 0.974 bits per heavy atom. The normalized spacial score (nSPS) is 11.3. The smallest absolute Gasteiger partial charge is 0.383 e. The van der Waals surface area contributed by atoms with Gasteiger partial charge in [-0.05, 0) is 42.5 Å². The Bertz CT molecular complexity index is 1440. The van der Waals surface area contributed by atoms with Gasteiger partial charge in [-0.25, -0.2) is 9.07 Å². The summed E-state index contributed by atoms with van der Waals surface area (Å²) in [7, 11) is 1.40. The van der Waals surface area contributed by atoms with Crippen molar-refractivity contribution < 1.29 is 31.9 Å². The SMILES string of the molecule is COCCN(CC(=O)Nc1cc(-c2ccccc2)nn1-c1ccc(F)cc1)C(=O)c1cccc(C(F)(F)F)c1. The lowest BCUT2D eigenvalue weighted by atomic mass is 10.1. The van der Waals surface area contributed by atoms with Crippen LogP contribution < -0.4 is 5.32 Å². The van der Waals surface area contributed by atoms with Crippen molar-refractivity contribution in [2.45, 2.75) is 6.18 Å². The predicted octanol–water partition coefficient (Wildman–Crippen LogP) is 5.42. The second-order valence-electron chi connectivity index (χ2n) is 8.52. The summed E-state index contributed by atoms with van der Waals surface area (Å²) in [5, 5.41) is 7.27. The van der Waals surface area contributed by atoms with Crippen molar-refractivity contribution in [2.75, 3.05) is 32.1 Å². The second-order valence-corrected chi connectivity index (χ2v) is 8.52. The summed E-state index contributed by atoms with van der Waals surface area (Å²) in [4.78, 5) is 27.3. The van der Waals surface area contributed by atoms with Crippen LogP contribution in [-0.4, -0.2) is 53.3 Å². The molecule has 1 N–H and O–H groups in total. The first-order chi connectivity index (χ1) is 18.7. The molecule has 4 aromatic rings. The van der Waals surface area contributed by atoms with Crippen molar-refractivity contribution in [1.29, 1.82) is 0 Å². The maximum Gasteiger partial charge on any atom is 0.416 e. The van der Waals surface area contributed by atoms with Gasteiger partial charge in [0.15, 0.2) is 0 Å². The van der Waals surface area contributed by atoms with Crippen LogP contribution in [-0.2, 0) is 15.7 Å². The van der Waals surface area contributed by atoms with Crippen molar-refractivity contribution in [1.82, 2.24) is 14.7 Å². The van der Waals surface area contributed by atoms with Crippen molar-refractivity contribution in [3.63, 3.8) is 0 Å². The standard InChI is InChI=1S/C28H24F4N4O3/c1-39-15-14-35(27(38)20-8-5-9-21(16-20)28(30,31)32)18-26(37)33-25-17-24(19-6-3-2-4-7-19)34-36(25)23-12-10-22(29)11-13-23/h2-13,16-17H,14-15,18H2,1H3,(H,33,37). The Labute approximate surface area is 221 Å². The molecule has 0 bridgehead atoms. The Morgan fingerprint density at radius 2 is 1.69 bits per heavy atom. The molecule has 0 atom stereocenters. The van der Waals surface area contributed by atoms with Crippen LogP contribution in [0.3, 0.4) is 0 Å². The van der Waals surface area contributed by atoms with Crippen LogP contribution in [0.1, 0.15) is 15.9 Å². The molecule has 0 spiro atoms. The summed E-state index contributed by atoms with van der Waals surface area (Å²) >= 11 is 0. The first-order valence-corrected chi connectivity index (χ1v) is 11.8. The molecule has 0 aliphatic heterocycles. The lowest BCUT2D eigenvalue weighted by Crippen LogP contribution is -2.40. The molecule has 1 aromatic heterocycles. The minimum atomic E-state index is -4.62. The summed E-state index contributed by atoms with van der Waals surface area (Å²) in [6, 6.07) is 20.3. The first kappa shape index (κ1) is 27.5. The second kappa shape index (κ2) is 11.9. The molecule has 1 heterocycles. The fourth-order valence-electron chi connectivity index (χ4n) is 3.82. The number of aromatic nitrogens is 2. The third kappa shape index (κ3) is 6.88. The fourth-order valence-corrected chi connectivity index (χ4v) is 3.82. The highest BCUT2D eigenvalue weighted by molar-refractivity contribution is 5.99. The lowest BCUT2D eigenvalue weighted by Gasteiger charge is -2.22. The Hall–Kier alpha value is -4.51. The Kier molecular flexibility index (Phi) is 8.40. The zero-order valence-electron chi connectivity index (χ0n) is 20.8. The van der Waals surface area contributed by atoms with Gasteiger partial charge in [-0.2, -0.15) is 18.3 Å². The highest BCUT2D eigenvalue weighted by atomic mass is 19.4. The van der Waals surface area contributed by atoms with Crippen LogP contribution in [0.5, 0.6) is 0 Å². The number of hydrogen-bond acceptors (Lipinski definition) is 4. The third-order valence-corrected chi connectivity index (χ3v) is 5.74. The number of anilines is 1. The van der Waals surface area contributed by atoms with E-state index in [0.29, 0.717) is 11.4 Å². The van der Waals surface area contributed by atoms with E-state index in [2.05, 4.69) is 10.4 Å². The number of halogens is 4. The van der Waals surface area contributed by atoms with Gasteiger partial charge in [-0.15, -0.1) is 0 Å². The molecule has 0 radical (unpaired) electrons. The number of hydrogen-bond donors (Lipinski definition) is 1. The van der Waals surface area contributed by atoms with Gasteiger partial charge < -0.3 is 15.0 Å². The molecule has 202 valence electrons. The van der Waals surface area contributed by atoms with Crippen LogP contribution >= 0.6 is 0 Å². The van der Waals surface area contributed by atoms with Crippen molar-refractivity contribution >= 4 is 17.6 Å².